The fraction of sp³-hybridized carbons (Fsp3) is 0.229. The molecule has 2 fully saturated rings. The van der Waals surface area contributed by atoms with Gasteiger partial charge in [0.1, 0.15) is 0 Å². The molecule has 0 radical (unpaired) electrons. The van der Waals surface area contributed by atoms with E-state index >= 15 is 0 Å². The van der Waals surface area contributed by atoms with Crippen LogP contribution in [0.1, 0.15) is 39.6 Å². The number of amides is 2. The Hall–Kier alpha value is -4.14. The second kappa shape index (κ2) is 10.8. The summed E-state index contributed by atoms with van der Waals surface area (Å²) in [7, 11) is 0. The molecule has 2 amide bonds. The summed E-state index contributed by atoms with van der Waals surface area (Å²) in [5.41, 5.74) is 3.82. The number of ketones is 1. The van der Waals surface area contributed by atoms with Crippen LogP contribution in [-0.4, -0.2) is 34.7 Å². The molecule has 2 aliphatic carbocycles. The van der Waals surface area contributed by atoms with Gasteiger partial charge >= 0.3 is 5.97 Å². The SMILES string of the molecule is Cc1cc(Br)cc2c(C(=O)OC(C)C(=O)c3ccc(Cl)cc3)cc(-c3ccc(N4C(=O)C5C6C=CC(C6)C5C4=O)cc3)nc12. The zero-order valence-electron chi connectivity index (χ0n) is 23.8. The minimum Gasteiger partial charge on any atom is -0.451 e. The van der Waals surface area contributed by atoms with E-state index in [-0.39, 0.29) is 46.8 Å². The molecule has 9 heteroatoms. The molecule has 1 saturated carbocycles. The standard InChI is InChI=1S/C35H26BrClN2O5/c1-17-13-23(36)15-26-27(35(43)44-18(2)32(40)20-5-9-24(37)10-6-20)16-28(38-31(17)26)19-7-11-25(12-8-19)39-33(41)29-21-3-4-22(14-21)30(29)34(39)42/h3-13,15-16,18,21-22,29-30H,14H2,1-2H3. The molecule has 44 heavy (non-hydrogen) atoms. The molecule has 2 bridgehead atoms. The van der Waals surface area contributed by atoms with Crippen molar-refractivity contribution in [1.82, 2.24) is 4.98 Å². The van der Waals surface area contributed by atoms with Gasteiger partial charge in [-0.1, -0.05) is 51.8 Å². The third-order valence-corrected chi connectivity index (χ3v) is 9.67. The molecular weight excluding hydrogens is 644 g/mol. The summed E-state index contributed by atoms with van der Waals surface area (Å²) in [5.74, 6) is -1.56. The lowest BCUT2D eigenvalue weighted by Crippen LogP contribution is -2.32. The van der Waals surface area contributed by atoms with E-state index in [1.807, 2.05) is 13.0 Å². The molecular formula is C35H26BrClN2O5. The van der Waals surface area contributed by atoms with Crippen molar-refractivity contribution in [2.24, 2.45) is 23.7 Å². The van der Waals surface area contributed by atoms with Crippen molar-refractivity contribution in [2.45, 2.75) is 26.4 Å². The summed E-state index contributed by atoms with van der Waals surface area (Å²) in [6.07, 6.45) is 3.99. The van der Waals surface area contributed by atoms with Gasteiger partial charge in [-0.05, 0) is 92.3 Å². The highest BCUT2D eigenvalue weighted by Gasteiger charge is 2.59. The van der Waals surface area contributed by atoms with Gasteiger partial charge in [0.25, 0.3) is 0 Å². The molecule has 220 valence electrons. The lowest BCUT2D eigenvalue weighted by atomic mass is 9.85. The average Bonchev–Trinajstić information content (AvgIpc) is 3.70. The van der Waals surface area contributed by atoms with Crippen LogP contribution in [0.5, 0.6) is 0 Å². The van der Waals surface area contributed by atoms with Crippen LogP contribution in [0.15, 0.2) is 83.4 Å². The van der Waals surface area contributed by atoms with E-state index in [1.54, 1.807) is 60.7 Å². The van der Waals surface area contributed by atoms with Gasteiger partial charge in [0.05, 0.1) is 34.3 Å². The first kappa shape index (κ1) is 28.6. The van der Waals surface area contributed by atoms with Crippen molar-refractivity contribution in [3.8, 4) is 11.3 Å². The van der Waals surface area contributed by atoms with Gasteiger partial charge in [-0.2, -0.15) is 0 Å². The highest BCUT2D eigenvalue weighted by molar-refractivity contribution is 9.10. The molecule has 5 unspecified atom stereocenters. The number of imide groups is 1. The number of allylic oxidation sites excluding steroid dienone is 2. The summed E-state index contributed by atoms with van der Waals surface area (Å²) < 4.78 is 6.45. The zero-order valence-corrected chi connectivity index (χ0v) is 26.1. The number of hydrogen-bond acceptors (Lipinski definition) is 6. The maximum atomic E-state index is 13.6. The smallest absolute Gasteiger partial charge is 0.339 e. The summed E-state index contributed by atoms with van der Waals surface area (Å²) in [5, 5.41) is 1.08. The van der Waals surface area contributed by atoms with Crippen LogP contribution in [0, 0.1) is 30.6 Å². The molecule has 1 saturated heterocycles. The minimum absolute atomic E-state index is 0.137. The number of fused-ring (bicyclic) bond motifs is 6. The molecule has 1 aliphatic heterocycles. The summed E-state index contributed by atoms with van der Waals surface area (Å²) in [4.78, 5) is 59.3. The van der Waals surface area contributed by atoms with Gasteiger partial charge < -0.3 is 4.74 Å². The maximum Gasteiger partial charge on any atom is 0.339 e. The van der Waals surface area contributed by atoms with E-state index in [4.69, 9.17) is 21.3 Å². The number of carbonyl (C=O) groups excluding carboxylic acids is 4. The predicted molar refractivity (Wildman–Crippen MR) is 170 cm³/mol. The monoisotopic (exact) mass is 668 g/mol. The van der Waals surface area contributed by atoms with Crippen molar-refractivity contribution in [2.75, 3.05) is 4.90 Å². The van der Waals surface area contributed by atoms with Gasteiger partial charge in [0, 0.05) is 26.0 Å². The number of ether oxygens (including phenoxy) is 1. The zero-order chi connectivity index (χ0) is 30.9. The van der Waals surface area contributed by atoms with E-state index in [0.717, 1.165) is 16.5 Å². The van der Waals surface area contributed by atoms with Gasteiger partial charge in [-0.25, -0.2) is 9.78 Å². The lowest BCUT2D eigenvalue weighted by Gasteiger charge is -2.18. The van der Waals surface area contributed by atoms with Crippen molar-refractivity contribution in [1.29, 1.82) is 0 Å². The number of hydrogen-bond donors (Lipinski definition) is 0. The molecule has 1 aromatic heterocycles. The van der Waals surface area contributed by atoms with Crippen LogP contribution in [0.2, 0.25) is 5.02 Å². The molecule has 0 N–H and O–H groups in total. The summed E-state index contributed by atoms with van der Waals surface area (Å²) >= 11 is 9.46. The highest BCUT2D eigenvalue weighted by Crippen LogP contribution is 2.53. The number of aromatic nitrogens is 1. The third-order valence-electron chi connectivity index (χ3n) is 8.96. The second-order valence-corrected chi connectivity index (χ2v) is 13.0. The fourth-order valence-electron chi connectivity index (χ4n) is 6.84. The van der Waals surface area contributed by atoms with Gasteiger partial charge in [-0.15, -0.1) is 0 Å². The maximum absolute atomic E-state index is 13.6. The number of benzene rings is 3. The molecule has 2 heterocycles. The van der Waals surface area contributed by atoms with Crippen LogP contribution in [0.4, 0.5) is 5.69 Å². The first-order chi connectivity index (χ1) is 21.1. The van der Waals surface area contributed by atoms with Crippen molar-refractivity contribution in [3.05, 3.63) is 105 Å². The van der Waals surface area contributed by atoms with E-state index in [9.17, 15) is 19.2 Å². The van der Waals surface area contributed by atoms with Crippen molar-refractivity contribution in [3.63, 3.8) is 0 Å². The first-order valence-corrected chi connectivity index (χ1v) is 15.6. The van der Waals surface area contributed by atoms with Crippen LogP contribution in [0.3, 0.4) is 0 Å². The van der Waals surface area contributed by atoms with Crippen molar-refractivity contribution >= 4 is 67.7 Å². The summed E-state index contributed by atoms with van der Waals surface area (Å²) in [6, 6.07) is 18.8. The Morgan fingerprint density at radius 1 is 0.955 bits per heavy atom. The van der Waals surface area contributed by atoms with Crippen LogP contribution in [-0.2, 0) is 14.3 Å². The first-order valence-electron chi connectivity index (χ1n) is 14.4. The van der Waals surface area contributed by atoms with Gasteiger partial charge in [0.15, 0.2) is 6.10 Å². The summed E-state index contributed by atoms with van der Waals surface area (Å²) in [6.45, 7) is 3.44. The Kier molecular flexibility index (Phi) is 7.02. The minimum atomic E-state index is -1.04. The number of rotatable bonds is 6. The molecule has 3 aromatic carbocycles. The molecule has 0 spiro atoms. The van der Waals surface area contributed by atoms with E-state index in [1.165, 1.54) is 11.8 Å². The van der Waals surface area contributed by atoms with Crippen LogP contribution < -0.4 is 4.90 Å². The van der Waals surface area contributed by atoms with E-state index < -0.39 is 12.1 Å². The number of halogens is 2. The van der Waals surface area contributed by atoms with Crippen LogP contribution >= 0.6 is 27.5 Å². The molecule has 5 atom stereocenters. The fourth-order valence-corrected chi connectivity index (χ4v) is 7.54. The van der Waals surface area contributed by atoms with Crippen molar-refractivity contribution < 1.29 is 23.9 Å². The quantitative estimate of drug-likeness (QED) is 0.0922. The Morgan fingerprint density at radius 3 is 2.23 bits per heavy atom. The highest BCUT2D eigenvalue weighted by atomic mass is 79.9. The number of carbonyl (C=O) groups is 4. The number of esters is 1. The third kappa shape index (κ3) is 4.68. The van der Waals surface area contributed by atoms with Crippen LogP contribution in [0.25, 0.3) is 22.2 Å². The predicted octanol–water partition coefficient (Wildman–Crippen LogP) is 7.37. The average molecular weight is 670 g/mol. The Morgan fingerprint density at radius 2 is 1.59 bits per heavy atom. The van der Waals surface area contributed by atoms with E-state index in [2.05, 4.69) is 28.1 Å². The van der Waals surface area contributed by atoms with Gasteiger partial charge in [-0.3, -0.25) is 19.3 Å². The number of pyridine rings is 1. The molecule has 3 aliphatic rings. The Labute approximate surface area is 267 Å². The number of nitrogens with zero attached hydrogens (tertiary/aromatic N) is 2. The number of anilines is 1. The second-order valence-electron chi connectivity index (χ2n) is 11.7. The lowest BCUT2D eigenvalue weighted by molar-refractivity contribution is -0.123. The number of aryl methyl sites for hydroxylation is 1. The normalized spacial score (nSPS) is 22.5. The molecule has 4 aromatic rings. The van der Waals surface area contributed by atoms with Gasteiger partial charge in [0.2, 0.25) is 17.6 Å². The topological polar surface area (TPSA) is 93.6 Å². The Balaban J connectivity index is 1.20. The number of Topliss-reactive ketones (excluding diaryl/α,β-unsaturated/α-hetero) is 1. The van der Waals surface area contributed by atoms with E-state index in [0.29, 0.717) is 38.4 Å². The molecule has 7 nitrogen and oxygen atoms in total. The Bertz CT molecular complexity index is 1890. The molecule has 7 rings (SSSR count). The largest absolute Gasteiger partial charge is 0.451 e.